The highest BCUT2D eigenvalue weighted by Gasteiger charge is 2.10. The van der Waals surface area contributed by atoms with E-state index in [1.165, 1.54) is 35.3 Å². The van der Waals surface area contributed by atoms with Crippen LogP contribution in [-0.2, 0) is 25.1 Å². The molecule has 1 aliphatic rings. The molecule has 1 N–H and O–H groups in total. The Labute approximate surface area is 125 Å². The molecule has 0 radical (unpaired) electrons. The highest BCUT2D eigenvalue weighted by molar-refractivity contribution is 7.98. The van der Waals surface area contributed by atoms with Crippen molar-refractivity contribution < 1.29 is 0 Å². The Morgan fingerprint density at radius 2 is 1.70 bits per heavy atom. The molecule has 1 nitrogen and oxygen atoms in total. The van der Waals surface area contributed by atoms with Crippen molar-refractivity contribution in [3.05, 3.63) is 64.7 Å². The molecule has 0 amide bonds. The summed E-state index contributed by atoms with van der Waals surface area (Å²) in [5, 5.41) is 3.18. The van der Waals surface area contributed by atoms with Crippen LogP contribution in [0, 0.1) is 0 Å². The molecule has 0 fully saturated rings. The summed E-state index contributed by atoms with van der Waals surface area (Å²) in [6.07, 6.45) is 3.88. The zero-order valence-corrected chi connectivity index (χ0v) is 12.8. The van der Waals surface area contributed by atoms with Gasteiger partial charge in [0.05, 0.1) is 0 Å². The summed E-state index contributed by atoms with van der Waals surface area (Å²) in [7, 11) is 1.98. The molecule has 0 aliphatic heterocycles. The zero-order chi connectivity index (χ0) is 13.8. The average molecular weight is 283 g/mol. The lowest BCUT2D eigenvalue weighted by Crippen LogP contribution is -2.04. The fourth-order valence-corrected chi connectivity index (χ4v) is 3.63. The van der Waals surface area contributed by atoms with E-state index in [2.05, 4.69) is 47.8 Å². The maximum absolute atomic E-state index is 3.18. The lowest BCUT2D eigenvalue weighted by Gasteiger charge is -2.06. The number of aryl methyl sites for hydroxylation is 2. The van der Waals surface area contributed by atoms with Crippen molar-refractivity contribution in [3.63, 3.8) is 0 Å². The molecule has 0 saturated carbocycles. The largest absolute Gasteiger partial charge is 0.316 e. The summed E-state index contributed by atoms with van der Waals surface area (Å²) in [6, 6.07) is 15.9. The van der Waals surface area contributed by atoms with E-state index in [1.54, 1.807) is 11.1 Å². The Morgan fingerprint density at radius 3 is 2.50 bits per heavy atom. The van der Waals surface area contributed by atoms with Crippen LogP contribution in [0.15, 0.2) is 47.4 Å². The molecule has 1 aliphatic carbocycles. The molecule has 0 aromatic heterocycles. The number of fused-ring (bicyclic) bond motifs is 1. The van der Waals surface area contributed by atoms with Gasteiger partial charge in [-0.25, -0.2) is 0 Å². The second-order valence-corrected chi connectivity index (χ2v) is 6.47. The monoisotopic (exact) mass is 283 g/mol. The van der Waals surface area contributed by atoms with E-state index in [4.69, 9.17) is 0 Å². The summed E-state index contributed by atoms with van der Waals surface area (Å²) >= 11 is 1.93. The number of nitrogens with one attached hydrogen (secondary N) is 1. The first kappa shape index (κ1) is 13.7. The molecule has 2 aromatic carbocycles. The lowest BCUT2D eigenvalue weighted by molar-refractivity contribution is 0.817. The molecule has 104 valence electrons. The van der Waals surface area contributed by atoms with E-state index < -0.39 is 0 Å². The standard InChI is InChI=1S/C18H21NS/c1-19-12-14-6-9-18(10-7-14)20-13-15-5-8-16-3-2-4-17(16)11-15/h5-11,19H,2-4,12-13H2,1H3. The van der Waals surface area contributed by atoms with Gasteiger partial charge >= 0.3 is 0 Å². The molecule has 0 saturated heterocycles. The number of rotatable bonds is 5. The zero-order valence-electron chi connectivity index (χ0n) is 12.0. The minimum absolute atomic E-state index is 0.940. The SMILES string of the molecule is CNCc1ccc(SCc2ccc3c(c2)CCC3)cc1. The van der Waals surface area contributed by atoms with Gasteiger partial charge in [-0.1, -0.05) is 30.3 Å². The normalized spacial score (nSPS) is 13.4. The topological polar surface area (TPSA) is 12.0 Å². The lowest BCUT2D eigenvalue weighted by atomic mass is 10.1. The van der Waals surface area contributed by atoms with E-state index in [-0.39, 0.29) is 0 Å². The summed E-state index contributed by atoms with van der Waals surface area (Å²) in [5.41, 5.74) is 5.94. The average Bonchev–Trinajstić information content (AvgIpc) is 2.94. The molecule has 0 spiro atoms. The van der Waals surface area contributed by atoms with Crippen LogP contribution in [0.4, 0.5) is 0 Å². The highest BCUT2D eigenvalue weighted by Crippen LogP contribution is 2.27. The minimum Gasteiger partial charge on any atom is -0.316 e. The molecule has 0 heterocycles. The van der Waals surface area contributed by atoms with E-state index in [0.29, 0.717) is 0 Å². The van der Waals surface area contributed by atoms with E-state index >= 15 is 0 Å². The Bertz CT molecular complexity index is 574. The van der Waals surface area contributed by atoms with Gasteiger partial charge in [0.1, 0.15) is 0 Å². The van der Waals surface area contributed by atoms with Gasteiger partial charge in [-0.2, -0.15) is 0 Å². The van der Waals surface area contributed by atoms with Crippen LogP contribution in [0.5, 0.6) is 0 Å². The molecule has 3 rings (SSSR count). The third kappa shape index (κ3) is 3.25. The molecule has 2 aromatic rings. The summed E-state index contributed by atoms with van der Waals surface area (Å²) in [5.74, 6) is 1.07. The quantitative estimate of drug-likeness (QED) is 0.826. The fourth-order valence-electron chi connectivity index (χ4n) is 2.79. The van der Waals surface area contributed by atoms with Gasteiger partial charge in [0.2, 0.25) is 0 Å². The third-order valence-corrected chi connectivity index (χ3v) is 4.96. The van der Waals surface area contributed by atoms with Crippen LogP contribution < -0.4 is 5.32 Å². The van der Waals surface area contributed by atoms with Crippen molar-refractivity contribution in [1.29, 1.82) is 0 Å². The third-order valence-electron chi connectivity index (χ3n) is 3.87. The second-order valence-electron chi connectivity index (χ2n) is 5.42. The fraction of sp³-hybridized carbons (Fsp3) is 0.333. The van der Waals surface area contributed by atoms with Crippen molar-refractivity contribution >= 4 is 11.8 Å². The van der Waals surface area contributed by atoms with Crippen molar-refractivity contribution in [2.75, 3.05) is 7.05 Å². The predicted octanol–water partition coefficient (Wildman–Crippen LogP) is 4.19. The van der Waals surface area contributed by atoms with Crippen molar-refractivity contribution in [3.8, 4) is 0 Å². The first-order valence-corrected chi connectivity index (χ1v) is 8.31. The Kier molecular flexibility index (Phi) is 4.44. The van der Waals surface area contributed by atoms with Gasteiger partial charge < -0.3 is 5.32 Å². The van der Waals surface area contributed by atoms with Gasteiger partial charge in [0.25, 0.3) is 0 Å². The van der Waals surface area contributed by atoms with Gasteiger partial charge in [0, 0.05) is 17.2 Å². The van der Waals surface area contributed by atoms with Gasteiger partial charge in [-0.15, -0.1) is 11.8 Å². The first-order chi connectivity index (χ1) is 9.85. The van der Waals surface area contributed by atoms with Crippen molar-refractivity contribution in [2.24, 2.45) is 0 Å². The van der Waals surface area contributed by atoms with E-state index in [9.17, 15) is 0 Å². The second kappa shape index (κ2) is 6.47. The first-order valence-electron chi connectivity index (χ1n) is 7.32. The molecular formula is C18H21NS. The van der Waals surface area contributed by atoms with Crippen LogP contribution in [0.1, 0.15) is 28.7 Å². The number of benzene rings is 2. The van der Waals surface area contributed by atoms with Crippen molar-refractivity contribution in [1.82, 2.24) is 5.32 Å². The summed E-state index contributed by atoms with van der Waals surface area (Å²) in [6.45, 7) is 0.940. The minimum atomic E-state index is 0.940. The van der Waals surface area contributed by atoms with Crippen LogP contribution in [0.25, 0.3) is 0 Å². The number of thioether (sulfide) groups is 1. The van der Waals surface area contributed by atoms with Crippen molar-refractivity contribution in [2.45, 2.75) is 36.5 Å². The Morgan fingerprint density at radius 1 is 0.950 bits per heavy atom. The van der Waals surface area contributed by atoms with Gasteiger partial charge in [-0.3, -0.25) is 0 Å². The number of hydrogen-bond donors (Lipinski definition) is 1. The predicted molar refractivity (Wildman–Crippen MR) is 87.2 cm³/mol. The molecule has 0 unspecified atom stereocenters. The Balaban J connectivity index is 1.61. The van der Waals surface area contributed by atoms with Crippen LogP contribution in [-0.4, -0.2) is 7.05 Å². The number of hydrogen-bond acceptors (Lipinski definition) is 2. The summed E-state index contributed by atoms with van der Waals surface area (Å²) in [4.78, 5) is 1.35. The van der Waals surface area contributed by atoms with Gasteiger partial charge in [0.15, 0.2) is 0 Å². The molecular weight excluding hydrogens is 262 g/mol. The molecule has 20 heavy (non-hydrogen) atoms. The van der Waals surface area contributed by atoms with E-state index in [1.807, 2.05) is 18.8 Å². The van der Waals surface area contributed by atoms with Crippen LogP contribution in [0.3, 0.4) is 0 Å². The van der Waals surface area contributed by atoms with Gasteiger partial charge in [-0.05, 0) is 60.7 Å². The highest BCUT2D eigenvalue weighted by atomic mass is 32.2. The molecule has 0 atom stereocenters. The van der Waals surface area contributed by atoms with Crippen LogP contribution in [0.2, 0.25) is 0 Å². The Hall–Kier alpha value is -1.25. The molecule has 2 heteroatoms. The van der Waals surface area contributed by atoms with E-state index in [0.717, 1.165) is 12.3 Å². The smallest absolute Gasteiger partial charge is 0.0232 e. The maximum Gasteiger partial charge on any atom is 0.0232 e. The van der Waals surface area contributed by atoms with Crippen LogP contribution >= 0.6 is 11.8 Å². The maximum atomic E-state index is 3.18. The molecule has 0 bridgehead atoms. The summed E-state index contributed by atoms with van der Waals surface area (Å²) < 4.78 is 0.